The van der Waals surface area contributed by atoms with Crippen LogP contribution in [-0.4, -0.2) is 31.0 Å². The molecule has 0 saturated heterocycles. The SMILES string of the molecule is CCn1c(SCC(=O)Nc2cc(C)nn2C)nc2sc(C)c(C)c2c1=O. The molecule has 0 bridgehead atoms. The molecule has 0 aliphatic carbocycles. The fourth-order valence-corrected chi connectivity index (χ4v) is 4.67. The molecule has 0 saturated carbocycles. The highest BCUT2D eigenvalue weighted by molar-refractivity contribution is 7.99. The molecule has 3 aromatic heterocycles. The molecule has 7 nitrogen and oxygen atoms in total. The lowest BCUT2D eigenvalue weighted by molar-refractivity contribution is -0.113. The number of aryl methyl sites for hydroxylation is 4. The van der Waals surface area contributed by atoms with Crippen LogP contribution in [0, 0.1) is 20.8 Å². The molecule has 0 aliphatic heterocycles. The van der Waals surface area contributed by atoms with Crippen molar-refractivity contribution in [1.29, 1.82) is 0 Å². The maximum absolute atomic E-state index is 12.8. The zero-order chi connectivity index (χ0) is 19.0. The third-order valence-corrected chi connectivity index (χ3v) is 6.25. The average molecular weight is 392 g/mol. The van der Waals surface area contributed by atoms with Crippen molar-refractivity contribution < 1.29 is 4.79 Å². The Morgan fingerprint density at radius 2 is 2.08 bits per heavy atom. The van der Waals surface area contributed by atoms with Crippen LogP contribution in [0.1, 0.15) is 23.1 Å². The summed E-state index contributed by atoms with van der Waals surface area (Å²) in [6.07, 6.45) is 0. The standard InChI is InChI=1S/C17H21N5O2S2/c1-6-22-16(24)14-10(3)11(4)26-15(14)19-17(22)25-8-13(23)18-12-7-9(2)20-21(12)5/h7H,6,8H2,1-5H3,(H,18,23). The second-order valence-electron chi connectivity index (χ2n) is 6.04. The van der Waals surface area contributed by atoms with Crippen LogP contribution in [0.4, 0.5) is 5.82 Å². The van der Waals surface area contributed by atoms with Gasteiger partial charge in [-0.3, -0.25) is 18.8 Å². The van der Waals surface area contributed by atoms with Gasteiger partial charge in [-0.2, -0.15) is 5.10 Å². The summed E-state index contributed by atoms with van der Waals surface area (Å²) < 4.78 is 3.26. The van der Waals surface area contributed by atoms with Gasteiger partial charge in [-0.05, 0) is 33.3 Å². The summed E-state index contributed by atoms with van der Waals surface area (Å²) in [6.45, 7) is 8.24. The van der Waals surface area contributed by atoms with E-state index in [0.717, 1.165) is 21.0 Å². The van der Waals surface area contributed by atoms with Crippen molar-refractivity contribution in [3.8, 4) is 0 Å². The first kappa shape index (κ1) is 18.7. The van der Waals surface area contributed by atoms with E-state index < -0.39 is 0 Å². The van der Waals surface area contributed by atoms with Gasteiger partial charge in [0.05, 0.1) is 16.8 Å². The van der Waals surface area contributed by atoms with E-state index in [0.29, 0.717) is 22.9 Å². The Labute approximate surface area is 159 Å². The molecule has 26 heavy (non-hydrogen) atoms. The second kappa shape index (κ2) is 7.24. The van der Waals surface area contributed by atoms with Crippen molar-refractivity contribution in [1.82, 2.24) is 19.3 Å². The fraction of sp³-hybridized carbons (Fsp3) is 0.412. The number of aromatic nitrogens is 4. The van der Waals surface area contributed by atoms with Crippen LogP contribution < -0.4 is 10.9 Å². The Morgan fingerprint density at radius 1 is 1.35 bits per heavy atom. The van der Waals surface area contributed by atoms with E-state index in [2.05, 4.69) is 15.4 Å². The Balaban J connectivity index is 1.83. The summed E-state index contributed by atoms with van der Waals surface area (Å²) in [5, 5.41) is 8.30. The maximum atomic E-state index is 12.8. The highest BCUT2D eigenvalue weighted by Gasteiger charge is 2.17. The number of carbonyl (C=O) groups excluding carboxylic acids is 1. The van der Waals surface area contributed by atoms with Crippen LogP contribution in [-0.2, 0) is 18.4 Å². The zero-order valence-electron chi connectivity index (χ0n) is 15.4. The predicted molar refractivity (Wildman–Crippen MR) is 106 cm³/mol. The van der Waals surface area contributed by atoms with Crippen LogP contribution >= 0.6 is 23.1 Å². The van der Waals surface area contributed by atoms with Crippen molar-refractivity contribution in [2.75, 3.05) is 11.1 Å². The van der Waals surface area contributed by atoms with E-state index in [4.69, 9.17) is 0 Å². The molecule has 1 N–H and O–H groups in total. The molecule has 3 heterocycles. The molecule has 0 aliphatic rings. The van der Waals surface area contributed by atoms with Gasteiger partial charge < -0.3 is 5.32 Å². The number of rotatable bonds is 5. The number of hydrogen-bond donors (Lipinski definition) is 1. The monoisotopic (exact) mass is 391 g/mol. The molecule has 3 aromatic rings. The van der Waals surface area contributed by atoms with Gasteiger partial charge >= 0.3 is 0 Å². The first-order valence-corrected chi connectivity index (χ1v) is 10.1. The molecule has 1 amide bonds. The summed E-state index contributed by atoms with van der Waals surface area (Å²) in [5.74, 6) is 0.661. The number of thiophene rings is 1. The number of fused-ring (bicyclic) bond motifs is 1. The van der Waals surface area contributed by atoms with Crippen molar-refractivity contribution in [3.05, 3.63) is 32.6 Å². The van der Waals surface area contributed by atoms with Crippen LogP contribution in [0.5, 0.6) is 0 Å². The Bertz CT molecular complexity index is 1050. The van der Waals surface area contributed by atoms with Crippen LogP contribution in [0.25, 0.3) is 10.2 Å². The van der Waals surface area contributed by atoms with Gasteiger partial charge in [0.25, 0.3) is 5.56 Å². The summed E-state index contributed by atoms with van der Waals surface area (Å²) in [5.41, 5.74) is 1.79. The fourth-order valence-electron chi connectivity index (χ4n) is 2.73. The highest BCUT2D eigenvalue weighted by Crippen LogP contribution is 2.28. The zero-order valence-corrected chi connectivity index (χ0v) is 17.0. The number of hydrogen-bond acceptors (Lipinski definition) is 6. The molecular formula is C17H21N5O2S2. The number of anilines is 1. The molecule has 0 atom stereocenters. The van der Waals surface area contributed by atoms with Gasteiger partial charge in [0.1, 0.15) is 10.6 Å². The quantitative estimate of drug-likeness (QED) is 0.534. The number of nitrogens with one attached hydrogen (secondary N) is 1. The first-order chi connectivity index (χ1) is 12.3. The van der Waals surface area contributed by atoms with Crippen LogP contribution in [0.15, 0.2) is 16.0 Å². The summed E-state index contributed by atoms with van der Waals surface area (Å²) >= 11 is 2.79. The van der Waals surface area contributed by atoms with E-state index in [-0.39, 0.29) is 17.2 Å². The summed E-state index contributed by atoms with van der Waals surface area (Å²) in [4.78, 5) is 31.5. The normalized spacial score (nSPS) is 11.3. The highest BCUT2D eigenvalue weighted by atomic mass is 32.2. The topological polar surface area (TPSA) is 81.8 Å². The van der Waals surface area contributed by atoms with E-state index in [9.17, 15) is 9.59 Å². The third-order valence-electron chi connectivity index (χ3n) is 4.17. The largest absolute Gasteiger partial charge is 0.310 e. The van der Waals surface area contributed by atoms with Gasteiger partial charge in [0, 0.05) is 24.5 Å². The number of thioether (sulfide) groups is 1. The lowest BCUT2D eigenvalue weighted by Crippen LogP contribution is -2.23. The third kappa shape index (κ3) is 3.41. The lowest BCUT2D eigenvalue weighted by atomic mass is 10.2. The second-order valence-corrected chi connectivity index (χ2v) is 8.18. The molecule has 0 unspecified atom stereocenters. The minimum atomic E-state index is -0.159. The van der Waals surface area contributed by atoms with Gasteiger partial charge in [-0.1, -0.05) is 11.8 Å². The molecule has 9 heteroatoms. The first-order valence-electron chi connectivity index (χ1n) is 8.25. The number of amides is 1. The van der Waals surface area contributed by atoms with Gasteiger partial charge in [0.2, 0.25) is 5.91 Å². The summed E-state index contributed by atoms with van der Waals surface area (Å²) in [7, 11) is 1.78. The summed E-state index contributed by atoms with van der Waals surface area (Å²) in [6, 6.07) is 1.81. The molecule has 0 fully saturated rings. The van der Waals surface area contributed by atoms with Gasteiger partial charge in [-0.15, -0.1) is 11.3 Å². The number of nitrogens with zero attached hydrogens (tertiary/aromatic N) is 4. The van der Waals surface area contributed by atoms with Gasteiger partial charge in [0.15, 0.2) is 5.16 Å². The Kier molecular flexibility index (Phi) is 5.19. The molecule has 138 valence electrons. The van der Waals surface area contributed by atoms with Gasteiger partial charge in [-0.25, -0.2) is 4.98 Å². The Morgan fingerprint density at radius 3 is 2.69 bits per heavy atom. The lowest BCUT2D eigenvalue weighted by Gasteiger charge is -2.10. The molecule has 0 spiro atoms. The average Bonchev–Trinajstić information content (AvgIpc) is 3.04. The van der Waals surface area contributed by atoms with E-state index in [1.165, 1.54) is 23.1 Å². The minimum absolute atomic E-state index is 0.0375. The van der Waals surface area contributed by atoms with E-state index >= 15 is 0 Å². The molecule has 3 rings (SSSR count). The van der Waals surface area contributed by atoms with Crippen LogP contribution in [0.3, 0.4) is 0 Å². The molecule has 0 radical (unpaired) electrons. The Hall–Kier alpha value is -2.13. The van der Waals surface area contributed by atoms with Crippen molar-refractivity contribution in [2.45, 2.75) is 39.4 Å². The van der Waals surface area contributed by atoms with Crippen molar-refractivity contribution in [2.24, 2.45) is 7.05 Å². The van der Waals surface area contributed by atoms with Crippen molar-refractivity contribution in [3.63, 3.8) is 0 Å². The number of carbonyl (C=O) groups is 1. The maximum Gasteiger partial charge on any atom is 0.263 e. The van der Waals surface area contributed by atoms with Crippen LogP contribution in [0.2, 0.25) is 0 Å². The van der Waals surface area contributed by atoms with E-state index in [1.807, 2.05) is 33.8 Å². The smallest absolute Gasteiger partial charge is 0.263 e. The molecule has 0 aromatic carbocycles. The minimum Gasteiger partial charge on any atom is -0.310 e. The van der Waals surface area contributed by atoms with E-state index in [1.54, 1.807) is 16.3 Å². The predicted octanol–water partition coefficient (Wildman–Crippen LogP) is 2.87. The van der Waals surface area contributed by atoms with Crippen molar-refractivity contribution >= 4 is 45.0 Å². The molecular weight excluding hydrogens is 370 g/mol.